The molecule has 0 atom stereocenters. The van der Waals surface area contributed by atoms with Crippen molar-refractivity contribution in [3.8, 4) is 5.75 Å². The third-order valence-corrected chi connectivity index (χ3v) is 4.11. The number of amides is 1. The van der Waals surface area contributed by atoms with Crippen LogP contribution in [0.4, 0.5) is 0 Å². The lowest BCUT2D eigenvalue weighted by atomic mass is 10.2. The molecule has 1 amide bonds. The molecule has 0 aliphatic rings. The van der Waals surface area contributed by atoms with E-state index in [9.17, 15) is 4.79 Å². The van der Waals surface area contributed by atoms with Crippen molar-refractivity contribution in [2.75, 3.05) is 7.11 Å². The van der Waals surface area contributed by atoms with Gasteiger partial charge < -0.3 is 10.1 Å². The van der Waals surface area contributed by atoms with Gasteiger partial charge in [0, 0.05) is 15.5 Å². The highest BCUT2D eigenvalue weighted by Crippen LogP contribution is 2.22. The summed E-state index contributed by atoms with van der Waals surface area (Å²) in [6, 6.07) is 5.30. The number of halogens is 1. The van der Waals surface area contributed by atoms with E-state index in [1.807, 2.05) is 6.92 Å². The SMILES string of the molecule is COc1ccc(Br)c(C(=O)NCc2cnc(C)s2)c1. The molecular weight excluding hydrogens is 328 g/mol. The summed E-state index contributed by atoms with van der Waals surface area (Å²) in [4.78, 5) is 17.3. The van der Waals surface area contributed by atoms with Crippen molar-refractivity contribution >= 4 is 33.2 Å². The maximum atomic E-state index is 12.1. The van der Waals surface area contributed by atoms with E-state index in [1.54, 1.807) is 42.8 Å². The van der Waals surface area contributed by atoms with Crippen LogP contribution in [0.5, 0.6) is 5.75 Å². The lowest BCUT2D eigenvalue weighted by Gasteiger charge is -2.07. The zero-order valence-electron chi connectivity index (χ0n) is 10.6. The third kappa shape index (κ3) is 3.54. The number of benzene rings is 1. The Hall–Kier alpha value is -1.40. The number of aromatic nitrogens is 1. The minimum absolute atomic E-state index is 0.142. The van der Waals surface area contributed by atoms with Gasteiger partial charge in [0.2, 0.25) is 0 Å². The Labute approximate surface area is 124 Å². The van der Waals surface area contributed by atoms with E-state index in [2.05, 4.69) is 26.2 Å². The van der Waals surface area contributed by atoms with Crippen LogP contribution in [-0.2, 0) is 6.54 Å². The predicted molar refractivity (Wildman–Crippen MR) is 78.7 cm³/mol. The molecule has 1 aromatic heterocycles. The lowest BCUT2D eigenvalue weighted by Crippen LogP contribution is -2.22. The second-order valence-electron chi connectivity index (χ2n) is 3.87. The van der Waals surface area contributed by atoms with Crippen LogP contribution in [0, 0.1) is 6.92 Å². The first-order valence-electron chi connectivity index (χ1n) is 5.63. The van der Waals surface area contributed by atoms with Crippen molar-refractivity contribution < 1.29 is 9.53 Å². The van der Waals surface area contributed by atoms with Gasteiger partial charge in [0.05, 0.1) is 24.2 Å². The standard InChI is InChI=1S/C13H13BrN2O2S/c1-8-15-6-10(19-8)7-16-13(17)11-5-9(18-2)3-4-12(11)14/h3-6H,7H2,1-2H3,(H,16,17). The number of methoxy groups -OCH3 is 1. The summed E-state index contributed by atoms with van der Waals surface area (Å²) in [5, 5.41) is 3.86. The molecule has 4 nitrogen and oxygen atoms in total. The Bertz CT molecular complexity index is 598. The molecule has 0 unspecified atom stereocenters. The molecule has 6 heteroatoms. The Balaban J connectivity index is 2.07. The van der Waals surface area contributed by atoms with Crippen LogP contribution >= 0.6 is 27.3 Å². The average molecular weight is 341 g/mol. The molecule has 2 aromatic rings. The number of aryl methyl sites for hydroxylation is 1. The van der Waals surface area contributed by atoms with Gasteiger partial charge in [-0.05, 0) is 41.1 Å². The van der Waals surface area contributed by atoms with Gasteiger partial charge in [0.15, 0.2) is 0 Å². The molecule has 2 rings (SSSR count). The van der Waals surface area contributed by atoms with Gasteiger partial charge in [-0.1, -0.05) is 0 Å². The predicted octanol–water partition coefficient (Wildman–Crippen LogP) is 3.15. The summed E-state index contributed by atoms with van der Waals surface area (Å²) < 4.78 is 5.86. The molecule has 0 fully saturated rings. The summed E-state index contributed by atoms with van der Waals surface area (Å²) in [6.45, 7) is 2.42. The van der Waals surface area contributed by atoms with Crippen molar-refractivity contribution in [2.45, 2.75) is 13.5 Å². The largest absolute Gasteiger partial charge is 0.497 e. The number of nitrogens with one attached hydrogen (secondary N) is 1. The van der Waals surface area contributed by atoms with E-state index in [-0.39, 0.29) is 5.91 Å². The van der Waals surface area contributed by atoms with E-state index in [1.165, 1.54) is 0 Å². The van der Waals surface area contributed by atoms with Crippen LogP contribution in [0.25, 0.3) is 0 Å². The summed E-state index contributed by atoms with van der Waals surface area (Å²) in [6.07, 6.45) is 1.78. The highest BCUT2D eigenvalue weighted by atomic mass is 79.9. The van der Waals surface area contributed by atoms with Crippen molar-refractivity contribution in [1.82, 2.24) is 10.3 Å². The zero-order valence-corrected chi connectivity index (χ0v) is 13.0. The number of nitrogens with zero attached hydrogens (tertiary/aromatic N) is 1. The average Bonchev–Trinajstić information content (AvgIpc) is 2.82. The van der Waals surface area contributed by atoms with Crippen LogP contribution in [0.15, 0.2) is 28.9 Å². The molecule has 0 aliphatic carbocycles. The quantitative estimate of drug-likeness (QED) is 0.929. The van der Waals surface area contributed by atoms with Crippen molar-refractivity contribution in [2.24, 2.45) is 0 Å². The topological polar surface area (TPSA) is 51.2 Å². The zero-order chi connectivity index (χ0) is 13.8. The van der Waals surface area contributed by atoms with Crippen LogP contribution in [-0.4, -0.2) is 18.0 Å². The Kier molecular flexibility index (Phi) is 4.55. The van der Waals surface area contributed by atoms with E-state index < -0.39 is 0 Å². The van der Waals surface area contributed by atoms with E-state index in [0.717, 1.165) is 14.4 Å². The number of rotatable bonds is 4. The fourth-order valence-electron chi connectivity index (χ4n) is 1.56. The number of hydrogen-bond acceptors (Lipinski definition) is 4. The lowest BCUT2D eigenvalue weighted by molar-refractivity contribution is 0.0950. The molecule has 0 saturated carbocycles. The summed E-state index contributed by atoms with van der Waals surface area (Å²) in [7, 11) is 1.57. The van der Waals surface area contributed by atoms with Crippen molar-refractivity contribution in [3.05, 3.63) is 44.3 Å². The van der Waals surface area contributed by atoms with Crippen LogP contribution in [0.2, 0.25) is 0 Å². The first-order valence-corrected chi connectivity index (χ1v) is 7.24. The molecule has 0 radical (unpaired) electrons. The van der Waals surface area contributed by atoms with E-state index in [0.29, 0.717) is 17.9 Å². The molecule has 100 valence electrons. The van der Waals surface area contributed by atoms with Gasteiger partial charge >= 0.3 is 0 Å². The summed E-state index contributed by atoms with van der Waals surface area (Å²) in [5.74, 6) is 0.513. The van der Waals surface area contributed by atoms with Gasteiger partial charge in [-0.3, -0.25) is 4.79 Å². The van der Waals surface area contributed by atoms with Gasteiger partial charge in [-0.15, -0.1) is 11.3 Å². The summed E-state index contributed by atoms with van der Waals surface area (Å²) >= 11 is 4.94. The molecule has 0 spiro atoms. The Morgan fingerprint density at radius 3 is 2.95 bits per heavy atom. The minimum Gasteiger partial charge on any atom is -0.497 e. The molecule has 1 aromatic carbocycles. The fourth-order valence-corrected chi connectivity index (χ4v) is 2.72. The molecular formula is C13H13BrN2O2S. The molecule has 0 bridgehead atoms. The minimum atomic E-state index is -0.142. The first kappa shape index (κ1) is 14.0. The second-order valence-corrected chi connectivity index (χ2v) is 6.05. The van der Waals surface area contributed by atoms with Gasteiger partial charge in [-0.2, -0.15) is 0 Å². The normalized spacial score (nSPS) is 10.3. The second kappa shape index (κ2) is 6.16. The number of carbonyl (C=O) groups excluding carboxylic acids is 1. The van der Waals surface area contributed by atoms with E-state index in [4.69, 9.17) is 4.74 Å². The number of thiazole rings is 1. The van der Waals surface area contributed by atoms with Crippen LogP contribution in [0.3, 0.4) is 0 Å². The third-order valence-electron chi connectivity index (χ3n) is 2.51. The summed E-state index contributed by atoms with van der Waals surface area (Å²) in [5.41, 5.74) is 0.556. The molecule has 0 aliphatic heterocycles. The van der Waals surface area contributed by atoms with Crippen molar-refractivity contribution in [3.63, 3.8) is 0 Å². The fraction of sp³-hybridized carbons (Fsp3) is 0.231. The maximum absolute atomic E-state index is 12.1. The molecule has 19 heavy (non-hydrogen) atoms. The monoisotopic (exact) mass is 340 g/mol. The molecule has 1 heterocycles. The van der Waals surface area contributed by atoms with Gasteiger partial charge in [0.25, 0.3) is 5.91 Å². The smallest absolute Gasteiger partial charge is 0.252 e. The van der Waals surface area contributed by atoms with Gasteiger partial charge in [-0.25, -0.2) is 4.98 Å². The van der Waals surface area contributed by atoms with Gasteiger partial charge in [0.1, 0.15) is 5.75 Å². The molecule has 1 N–H and O–H groups in total. The molecule has 0 saturated heterocycles. The number of ether oxygens (including phenoxy) is 1. The Morgan fingerprint density at radius 2 is 2.32 bits per heavy atom. The van der Waals surface area contributed by atoms with E-state index >= 15 is 0 Å². The maximum Gasteiger partial charge on any atom is 0.252 e. The highest BCUT2D eigenvalue weighted by molar-refractivity contribution is 9.10. The first-order chi connectivity index (χ1) is 9.10. The van der Waals surface area contributed by atoms with Crippen LogP contribution < -0.4 is 10.1 Å². The van der Waals surface area contributed by atoms with Crippen LogP contribution in [0.1, 0.15) is 20.2 Å². The Morgan fingerprint density at radius 1 is 1.53 bits per heavy atom. The highest BCUT2D eigenvalue weighted by Gasteiger charge is 2.11. The van der Waals surface area contributed by atoms with Crippen molar-refractivity contribution in [1.29, 1.82) is 0 Å². The number of carbonyl (C=O) groups is 1. The number of hydrogen-bond donors (Lipinski definition) is 1.